The highest BCUT2D eigenvalue weighted by molar-refractivity contribution is 7.19. The van der Waals surface area contributed by atoms with Crippen LogP contribution in [0.2, 0.25) is 0 Å². The molecule has 2 rings (SSSR count). The highest BCUT2D eigenvalue weighted by Crippen LogP contribution is 2.36. The Morgan fingerprint density at radius 3 is 2.72 bits per heavy atom. The Hall–Kier alpha value is -1.74. The van der Waals surface area contributed by atoms with Gasteiger partial charge in [0.2, 0.25) is 0 Å². The summed E-state index contributed by atoms with van der Waals surface area (Å²) in [6.45, 7) is 3.95. The fourth-order valence-electron chi connectivity index (χ4n) is 1.57. The standard InChI is InChI=1S/C12H16N4OS/c1-6(2)15-12-8(5-13)9(14)10(18-12)11(17)16-7-3-4-7/h6-7,15H,3-4,14H2,1-2H3,(H,16,17). The Labute approximate surface area is 110 Å². The molecular weight excluding hydrogens is 248 g/mol. The molecule has 1 heterocycles. The van der Waals surface area contributed by atoms with Crippen molar-refractivity contribution in [3.8, 4) is 6.07 Å². The fraction of sp³-hybridized carbons (Fsp3) is 0.500. The van der Waals surface area contributed by atoms with Crippen molar-refractivity contribution in [2.45, 2.75) is 38.8 Å². The van der Waals surface area contributed by atoms with Crippen LogP contribution < -0.4 is 16.4 Å². The topological polar surface area (TPSA) is 90.9 Å². The summed E-state index contributed by atoms with van der Waals surface area (Å²) in [6, 6.07) is 2.53. The lowest BCUT2D eigenvalue weighted by Gasteiger charge is -2.06. The molecule has 0 bridgehead atoms. The predicted octanol–water partition coefficient (Wildman–Crippen LogP) is 1.91. The van der Waals surface area contributed by atoms with E-state index in [4.69, 9.17) is 11.0 Å². The van der Waals surface area contributed by atoms with Crippen LogP contribution in [0.1, 0.15) is 41.9 Å². The van der Waals surface area contributed by atoms with Crippen molar-refractivity contribution in [1.82, 2.24) is 5.32 Å². The van der Waals surface area contributed by atoms with Gasteiger partial charge in [0.15, 0.2) is 0 Å². The van der Waals surface area contributed by atoms with Crippen LogP contribution in [-0.2, 0) is 0 Å². The SMILES string of the molecule is CC(C)Nc1sc(C(=O)NC2CC2)c(N)c1C#N. The third-order valence-corrected chi connectivity index (χ3v) is 3.73. The molecule has 1 fully saturated rings. The molecule has 0 spiro atoms. The number of hydrogen-bond donors (Lipinski definition) is 3. The van der Waals surface area contributed by atoms with Crippen LogP contribution in [0.25, 0.3) is 0 Å². The van der Waals surface area contributed by atoms with Gasteiger partial charge in [0.05, 0.1) is 5.69 Å². The summed E-state index contributed by atoms with van der Waals surface area (Å²) in [7, 11) is 0. The molecule has 0 atom stereocenters. The van der Waals surface area contributed by atoms with E-state index >= 15 is 0 Å². The molecule has 18 heavy (non-hydrogen) atoms. The van der Waals surface area contributed by atoms with Gasteiger partial charge in [-0.25, -0.2) is 0 Å². The Morgan fingerprint density at radius 1 is 1.56 bits per heavy atom. The lowest BCUT2D eigenvalue weighted by molar-refractivity contribution is 0.0956. The summed E-state index contributed by atoms with van der Waals surface area (Å²) < 4.78 is 0. The normalized spacial score (nSPS) is 14.3. The molecular formula is C12H16N4OS. The first kappa shape index (κ1) is 12.7. The highest BCUT2D eigenvalue weighted by atomic mass is 32.1. The number of hydrogen-bond acceptors (Lipinski definition) is 5. The van der Waals surface area contributed by atoms with Crippen LogP contribution in [0.3, 0.4) is 0 Å². The lowest BCUT2D eigenvalue weighted by atomic mass is 10.2. The number of nitrogens with one attached hydrogen (secondary N) is 2. The first-order valence-corrected chi connectivity index (χ1v) is 6.74. The number of rotatable bonds is 4. The van der Waals surface area contributed by atoms with E-state index in [1.807, 2.05) is 13.8 Å². The van der Waals surface area contributed by atoms with Crippen LogP contribution >= 0.6 is 11.3 Å². The number of carbonyl (C=O) groups excluding carboxylic acids is 1. The molecule has 1 aromatic rings. The maximum Gasteiger partial charge on any atom is 0.263 e. The maximum absolute atomic E-state index is 12.0. The molecule has 96 valence electrons. The summed E-state index contributed by atoms with van der Waals surface area (Å²) in [4.78, 5) is 12.4. The molecule has 0 aromatic carbocycles. The highest BCUT2D eigenvalue weighted by Gasteiger charge is 2.27. The molecule has 1 aliphatic rings. The maximum atomic E-state index is 12.0. The minimum Gasteiger partial charge on any atom is -0.396 e. The number of thiophene rings is 1. The quantitative estimate of drug-likeness (QED) is 0.774. The van der Waals surface area contributed by atoms with E-state index in [2.05, 4.69) is 16.7 Å². The van der Waals surface area contributed by atoms with Gasteiger partial charge >= 0.3 is 0 Å². The molecule has 1 aliphatic carbocycles. The van der Waals surface area contributed by atoms with Gasteiger partial charge in [-0.05, 0) is 26.7 Å². The van der Waals surface area contributed by atoms with Gasteiger partial charge in [0.1, 0.15) is 21.5 Å². The Kier molecular flexibility index (Phi) is 3.43. The van der Waals surface area contributed by atoms with Crippen molar-refractivity contribution in [3.63, 3.8) is 0 Å². The molecule has 1 amide bonds. The van der Waals surface area contributed by atoms with E-state index in [0.29, 0.717) is 15.4 Å². The van der Waals surface area contributed by atoms with Crippen molar-refractivity contribution >= 4 is 27.9 Å². The van der Waals surface area contributed by atoms with Gasteiger partial charge in [0.25, 0.3) is 5.91 Å². The number of carbonyl (C=O) groups is 1. The average Bonchev–Trinajstić information content (AvgIpc) is 3.03. The smallest absolute Gasteiger partial charge is 0.263 e. The molecule has 4 N–H and O–H groups in total. The van der Waals surface area contributed by atoms with Crippen LogP contribution in [0, 0.1) is 11.3 Å². The summed E-state index contributed by atoms with van der Waals surface area (Å²) in [5.41, 5.74) is 6.53. The van der Waals surface area contributed by atoms with Gasteiger partial charge in [-0.3, -0.25) is 4.79 Å². The average molecular weight is 264 g/mol. The van der Waals surface area contributed by atoms with Crippen molar-refractivity contribution in [1.29, 1.82) is 5.26 Å². The van der Waals surface area contributed by atoms with E-state index in [0.717, 1.165) is 12.8 Å². The van der Waals surface area contributed by atoms with Crippen LogP contribution in [0.4, 0.5) is 10.7 Å². The minimum atomic E-state index is -0.173. The zero-order valence-corrected chi connectivity index (χ0v) is 11.2. The first-order chi connectivity index (χ1) is 8.52. The number of anilines is 2. The Morgan fingerprint density at radius 2 is 2.22 bits per heavy atom. The molecule has 0 radical (unpaired) electrons. The number of nitrogen functional groups attached to an aromatic ring is 1. The van der Waals surface area contributed by atoms with Gasteiger partial charge in [-0.2, -0.15) is 5.26 Å². The van der Waals surface area contributed by atoms with E-state index in [1.54, 1.807) is 0 Å². The molecule has 1 aromatic heterocycles. The van der Waals surface area contributed by atoms with Crippen LogP contribution in [0.5, 0.6) is 0 Å². The van der Waals surface area contributed by atoms with Crippen molar-refractivity contribution in [2.24, 2.45) is 0 Å². The Bertz CT molecular complexity index is 511. The van der Waals surface area contributed by atoms with E-state index in [-0.39, 0.29) is 23.7 Å². The van der Waals surface area contributed by atoms with Gasteiger partial charge in [-0.15, -0.1) is 11.3 Å². The third kappa shape index (κ3) is 2.57. The van der Waals surface area contributed by atoms with Gasteiger partial charge in [0, 0.05) is 12.1 Å². The van der Waals surface area contributed by atoms with Gasteiger partial charge < -0.3 is 16.4 Å². The molecule has 5 nitrogen and oxygen atoms in total. The number of nitriles is 1. The summed E-state index contributed by atoms with van der Waals surface area (Å²) in [6.07, 6.45) is 2.05. The molecule has 6 heteroatoms. The molecule has 1 saturated carbocycles. The third-order valence-electron chi connectivity index (χ3n) is 2.60. The zero-order valence-electron chi connectivity index (χ0n) is 10.4. The summed E-state index contributed by atoms with van der Waals surface area (Å²) in [5.74, 6) is -0.173. The largest absolute Gasteiger partial charge is 0.396 e. The number of nitrogens with two attached hydrogens (primary N) is 1. The predicted molar refractivity (Wildman–Crippen MR) is 72.7 cm³/mol. The second kappa shape index (κ2) is 4.86. The van der Waals surface area contributed by atoms with Crippen LogP contribution in [-0.4, -0.2) is 18.0 Å². The van der Waals surface area contributed by atoms with Crippen molar-refractivity contribution in [3.05, 3.63) is 10.4 Å². The second-order valence-electron chi connectivity index (χ2n) is 4.71. The number of amides is 1. The summed E-state index contributed by atoms with van der Waals surface area (Å²) >= 11 is 1.25. The van der Waals surface area contributed by atoms with Crippen LogP contribution in [0.15, 0.2) is 0 Å². The van der Waals surface area contributed by atoms with E-state index in [1.165, 1.54) is 11.3 Å². The monoisotopic (exact) mass is 264 g/mol. The second-order valence-corrected chi connectivity index (χ2v) is 5.73. The van der Waals surface area contributed by atoms with Crippen molar-refractivity contribution in [2.75, 3.05) is 11.1 Å². The molecule has 0 aliphatic heterocycles. The first-order valence-electron chi connectivity index (χ1n) is 5.92. The molecule has 0 saturated heterocycles. The fourth-order valence-corrected chi connectivity index (χ4v) is 2.69. The van der Waals surface area contributed by atoms with Gasteiger partial charge in [-0.1, -0.05) is 0 Å². The molecule has 0 unspecified atom stereocenters. The van der Waals surface area contributed by atoms with E-state index < -0.39 is 0 Å². The van der Waals surface area contributed by atoms with Crippen molar-refractivity contribution < 1.29 is 4.79 Å². The Balaban J connectivity index is 2.27. The van der Waals surface area contributed by atoms with E-state index in [9.17, 15) is 4.79 Å². The minimum absolute atomic E-state index is 0.173. The summed E-state index contributed by atoms with van der Waals surface area (Å²) in [5, 5.41) is 15.8. The number of nitrogens with zero attached hydrogens (tertiary/aromatic N) is 1. The zero-order chi connectivity index (χ0) is 13.3. The lowest BCUT2D eigenvalue weighted by Crippen LogP contribution is -2.25.